The van der Waals surface area contributed by atoms with Crippen LogP contribution in [-0.4, -0.2) is 29.1 Å². The predicted molar refractivity (Wildman–Crippen MR) is 111 cm³/mol. The molecule has 0 saturated carbocycles. The number of amides is 1. The Labute approximate surface area is 175 Å². The molecule has 3 aromatic rings. The maximum absolute atomic E-state index is 12.0. The van der Waals surface area contributed by atoms with E-state index in [1.165, 1.54) is 17.4 Å². The van der Waals surface area contributed by atoms with Crippen LogP contribution in [0.25, 0.3) is 0 Å². The van der Waals surface area contributed by atoms with E-state index in [2.05, 4.69) is 46.4 Å². The van der Waals surface area contributed by atoms with E-state index >= 15 is 0 Å². The molecule has 1 aliphatic heterocycles. The van der Waals surface area contributed by atoms with Crippen molar-refractivity contribution in [3.63, 3.8) is 0 Å². The van der Waals surface area contributed by atoms with E-state index in [4.69, 9.17) is 13.9 Å². The monoisotopic (exact) mass is 407 g/mol. The van der Waals surface area contributed by atoms with Crippen molar-refractivity contribution in [2.75, 3.05) is 13.3 Å². The van der Waals surface area contributed by atoms with E-state index in [0.29, 0.717) is 31.2 Å². The smallest absolute Gasteiger partial charge is 0.273 e. The first kappa shape index (κ1) is 20.0. The molecule has 1 N–H and O–H groups in total. The second kappa shape index (κ2) is 9.00. The largest absolute Gasteiger partial charge is 0.454 e. The van der Waals surface area contributed by atoms with Crippen molar-refractivity contribution in [1.29, 1.82) is 0 Å². The van der Waals surface area contributed by atoms with Crippen LogP contribution in [0.5, 0.6) is 11.5 Å². The zero-order chi connectivity index (χ0) is 20.9. The third-order valence-corrected chi connectivity index (χ3v) is 4.81. The van der Waals surface area contributed by atoms with Crippen LogP contribution in [0.3, 0.4) is 0 Å². The van der Waals surface area contributed by atoms with Crippen LogP contribution in [0.1, 0.15) is 40.0 Å². The summed E-state index contributed by atoms with van der Waals surface area (Å²) in [6.45, 7) is 6.61. The van der Waals surface area contributed by atoms with Gasteiger partial charge in [-0.1, -0.05) is 35.9 Å². The number of carbonyl (C=O) groups is 1. The number of hydrogen-bond donors (Lipinski definition) is 1. The van der Waals surface area contributed by atoms with Gasteiger partial charge in [-0.2, -0.15) is 0 Å². The molecule has 0 radical (unpaired) electrons. The lowest BCUT2D eigenvalue weighted by Crippen LogP contribution is -2.24. The molecule has 0 saturated heterocycles. The fourth-order valence-corrected chi connectivity index (χ4v) is 3.46. The summed E-state index contributed by atoms with van der Waals surface area (Å²) in [5.74, 6) is 1.80. The Hall–Kier alpha value is -3.32. The quantitative estimate of drug-likeness (QED) is 0.614. The normalized spacial score (nSPS) is 12.4. The molecule has 7 nitrogen and oxygen atoms in total. The van der Waals surface area contributed by atoms with Crippen LogP contribution in [-0.2, 0) is 19.6 Å². The molecule has 0 fully saturated rings. The Morgan fingerprint density at radius 2 is 1.87 bits per heavy atom. The Bertz CT molecular complexity index is 1030. The van der Waals surface area contributed by atoms with Crippen LogP contribution < -0.4 is 14.8 Å². The average Bonchev–Trinajstić information content (AvgIpc) is 3.37. The van der Waals surface area contributed by atoms with Gasteiger partial charge in [0.15, 0.2) is 17.2 Å². The molecule has 30 heavy (non-hydrogen) atoms. The number of oxazole rings is 1. The van der Waals surface area contributed by atoms with Crippen molar-refractivity contribution in [2.45, 2.75) is 33.5 Å². The number of benzene rings is 2. The summed E-state index contributed by atoms with van der Waals surface area (Å²) in [6.07, 6.45) is 1.41. The molecule has 0 spiro atoms. The third-order valence-electron chi connectivity index (χ3n) is 4.81. The summed E-state index contributed by atoms with van der Waals surface area (Å²) in [7, 11) is 0. The molecule has 0 bridgehead atoms. The Morgan fingerprint density at radius 1 is 1.07 bits per heavy atom. The van der Waals surface area contributed by atoms with Crippen molar-refractivity contribution < 1.29 is 18.7 Å². The lowest BCUT2D eigenvalue weighted by molar-refractivity contribution is 0.0950. The lowest BCUT2D eigenvalue weighted by atomic mass is 10.1. The highest BCUT2D eigenvalue weighted by Crippen LogP contribution is 2.33. The first-order valence-electron chi connectivity index (χ1n) is 9.99. The minimum atomic E-state index is -0.228. The summed E-state index contributed by atoms with van der Waals surface area (Å²) >= 11 is 0. The molecular formula is C23H25N3O4. The molecule has 2 aromatic carbocycles. The van der Waals surface area contributed by atoms with Gasteiger partial charge in [0.25, 0.3) is 5.91 Å². The predicted octanol–water partition coefficient (Wildman–Crippen LogP) is 3.66. The molecule has 0 atom stereocenters. The molecule has 1 aromatic heterocycles. The van der Waals surface area contributed by atoms with Gasteiger partial charge in [0.05, 0.1) is 6.54 Å². The number of aromatic nitrogens is 1. The molecule has 4 rings (SSSR count). The summed E-state index contributed by atoms with van der Waals surface area (Å²) in [4.78, 5) is 18.6. The summed E-state index contributed by atoms with van der Waals surface area (Å²) in [6, 6.07) is 14.4. The number of hydrogen-bond acceptors (Lipinski definition) is 6. The number of nitrogens with one attached hydrogen (secondary N) is 1. The Balaban J connectivity index is 1.53. The number of rotatable bonds is 8. The summed E-state index contributed by atoms with van der Waals surface area (Å²) in [5.41, 5.74) is 3.81. The van der Waals surface area contributed by atoms with Crippen LogP contribution in [0, 0.1) is 6.92 Å². The third kappa shape index (κ3) is 4.80. The van der Waals surface area contributed by atoms with E-state index in [1.54, 1.807) is 0 Å². The van der Waals surface area contributed by atoms with Crippen molar-refractivity contribution >= 4 is 5.91 Å². The van der Waals surface area contributed by atoms with Crippen LogP contribution in [0.15, 0.2) is 53.1 Å². The standard InChI is InChI=1S/C23H25N3O4/c1-3-24-23(27)19-14-28-22(25-19)13-26(11-17-6-4-5-16(2)9-17)12-18-7-8-20-21(10-18)30-15-29-20/h4-10,14H,3,11-13,15H2,1-2H3,(H,24,27). The van der Waals surface area contributed by atoms with E-state index < -0.39 is 0 Å². The highest BCUT2D eigenvalue weighted by molar-refractivity contribution is 5.91. The number of ether oxygens (including phenoxy) is 2. The van der Waals surface area contributed by atoms with Gasteiger partial charge in [0.2, 0.25) is 12.7 Å². The minimum absolute atomic E-state index is 0.228. The zero-order valence-electron chi connectivity index (χ0n) is 17.2. The number of aryl methyl sites for hydroxylation is 1. The second-order valence-electron chi connectivity index (χ2n) is 7.31. The van der Waals surface area contributed by atoms with E-state index in [-0.39, 0.29) is 12.7 Å². The van der Waals surface area contributed by atoms with E-state index in [0.717, 1.165) is 23.6 Å². The van der Waals surface area contributed by atoms with E-state index in [1.807, 2.05) is 25.1 Å². The number of carbonyl (C=O) groups excluding carboxylic acids is 1. The molecule has 2 heterocycles. The number of nitrogens with zero attached hydrogens (tertiary/aromatic N) is 2. The first-order chi connectivity index (χ1) is 14.6. The molecule has 0 unspecified atom stereocenters. The van der Waals surface area contributed by atoms with Gasteiger partial charge < -0.3 is 19.2 Å². The van der Waals surface area contributed by atoms with Crippen LogP contribution >= 0.6 is 0 Å². The van der Waals surface area contributed by atoms with Gasteiger partial charge in [-0.25, -0.2) is 4.98 Å². The zero-order valence-corrected chi connectivity index (χ0v) is 17.2. The molecule has 156 valence electrons. The van der Waals surface area contributed by atoms with Gasteiger partial charge in [-0.15, -0.1) is 0 Å². The fourth-order valence-electron chi connectivity index (χ4n) is 3.46. The van der Waals surface area contributed by atoms with Crippen molar-refractivity contribution in [1.82, 2.24) is 15.2 Å². The van der Waals surface area contributed by atoms with Gasteiger partial charge in [0, 0.05) is 19.6 Å². The van der Waals surface area contributed by atoms with Gasteiger partial charge in [-0.05, 0) is 37.1 Å². The SMILES string of the molecule is CCNC(=O)c1coc(CN(Cc2cccc(C)c2)Cc2ccc3c(c2)OCO3)n1. The maximum atomic E-state index is 12.0. The Morgan fingerprint density at radius 3 is 2.67 bits per heavy atom. The topological polar surface area (TPSA) is 76.8 Å². The summed E-state index contributed by atoms with van der Waals surface area (Å²) < 4.78 is 16.5. The fraction of sp³-hybridized carbons (Fsp3) is 0.304. The lowest BCUT2D eigenvalue weighted by Gasteiger charge is -2.21. The highest BCUT2D eigenvalue weighted by Gasteiger charge is 2.18. The van der Waals surface area contributed by atoms with Crippen LogP contribution in [0.2, 0.25) is 0 Å². The molecule has 0 aliphatic carbocycles. The highest BCUT2D eigenvalue weighted by atomic mass is 16.7. The van der Waals surface area contributed by atoms with Crippen molar-refractivity contribution in [3.05, 3.63) is 77.0 Å². The summed E-state index contributed by atoms with van der Waals surface area (Å²) in [5, 5.41) is 2.74. The number of fused-ring (bicyclic) bond motifs is 1. The molecule has 7 heteroatoms. The molecular weight excluding hydrogens is 382 g/mol. The van der Waals surface area contributed by atoms with Crippen molar-refractivity contribution in [2.24, 2.45) is 0 Å². The molecule has 1 amide bonds. The first-order valence-corrected chi connectivity index (χ1v) is 9.99. The Kier molecular flexibility index (Phi) is 5.99. The van der Waals surface area contributed by atoms with Gasteiger partial charge >= 0.3 is 0 Å². The average molecular weight is 407 g/mol. The van der Waals surface area contributed by atoms with Gasteiger partial charge in [0.1, 0.15) is 6.26 Å². The molecule has 1 aliphatic rings. The van der Waals surface area contributed by atoms with Crippen LogP contribution in [0.4, 0.5) is 0 Å². The maximum Gasteiger partial charge on any atom is 0.273 e. The van der Waals surface area contributed by atoms with Crippen molar-refractivity contribution in [3.8, 4) is 11.5 Å². The second-order valence-corrected chi connectivity index (χ2v) is 7.31. The minimum Gasteiger partial charge on any atom is -0.454 e. The van der Waals surface area contributed by atoms with E-state index in [9.17, 15) is 4.79 Å². The van der Waals surface area contributed by atoms with Gasteiger partial charge in [-0.3, -0.25) is 9.69 Å².